The molecule has 2 aromatic carbocycles. The first-order valence-corrected chi connectivity index (χ1v) is 5.95. The van der Waals surface area contributed by atoms with Gasteiger partial charge in [0.05, 0.1) is 0 Å². The molecule has 2 rings (SSSR count). The first kappa shape index (κ1) is 12.8. The first-order valence-electron chi connectivity index (χ1n) is 5.16. The number of hydrogen-bond acceptors (Lipinski definition) is 2. The topological polar surface area (TPSA) is 35.2 Å². The average Bonchev–Trinajstić information content (AvgIpc) is 2.28. The molecule has 94 valence electrons. The number of anilines is 1. The smallest absolute Gasteiger partial charge is 0.198 e. The van der Waals surface area contributed by atoms with Gasteiger partial charge in [-0.2, -0.15) is 0 Å². The SMILES string of the molecule is Cc1cc(Oc2c(F)cc(N)cc2F)ccc1Br. The molecule has 18 heavy (non-hydrogen) atoms. The molecule has 0 heterocycles. The van der Waals surface area contributed by atoms with Gasteiger partial charge in [-0.25, -0.2) is 8.78 Å². The molecule has 0 fully saturated rings. The lowest BCUT2D eigenvalue weighted by Gasteiger charge is -2.09. The Morgan fingerprint density at radius 3 is 2.28 bits per heavy atom. The lowest BCUT2D eigenvalue weighted by atomic mass is 10.2. The van der Waals surface area contributed by atoms with Crippen molar-refractivity contribution in [1.29, 1.82) is 0 Å². The Morgan fingerprint density at radius 1 is 1.11 bits per heavy atom. The van der Waals surface area contributed by atoms with Gasteiger partial charge in [-0.3, -0.25) is 0 Å². The average molecular weight is 314 g/mol. The molecule has 0 bridgehead atoms. The molecule has 0 spiro atoms. The number of aryl methyl sites for hydroxylation is 1. The van der Waals surface area contributed by atoms with Crippen LogP contribution in [0.4, 0.5) is 14.5 Å². The van der Waals surface area contributed by atoms with Crippen LogP contribution < -0.4 is 10.5 Å². The molecule has 0 radical (unpaired) electrons. The molecule has 5 heteroatoms. The van der Waals surface area contributed by atoms with Gasteiger partial charge in [0, 0.05) is 22.3 Å². The minimum atomic E-state index is -0.826. The second-order valence-corrected chi connectivity index (χ2v) is 4.68. The lowest BCUT2D eigenvalue weighted by molar-refractivity contribution is 0.407. The largest absolute Gasteiger partial charge is 0.451 e. The molecule has 0 amide bonds. The Balaban J connectivity index is 2.37. The summed E-state index contributed by atoms with van der Waals surface area (Å²) in [6.07, 6.45) is 0. The summed E-state index contributed by atoms with van der Waals surface area (Å²) in [6, 6.07) is 7.08. The number of halogens is 3. The van der Waals surface area contributed by atoms with Gasteiger partial charge in [0.25, 0.3) is 0 Å². The van der Waals surface area contributed by atoms with Gasteiger partial charge in [-0.15, -0.1) is 0 Å². The summed E-state index contributed by atoms with van der Waals surface area (Å²) in [7, 11) is 0. The van der Waals surface area contributed by atoms with Crippen LogP contribution in [0.25, 0.3) is 0 Å². The molecule has 2 N–H and O–H groups in total. The zero-order valence-corrected chi connectivity index (χ0v) is 11.1. The Hall–Kier alpha value is -1.62. The van der Waals surface area contributed by atoms with E-state index in [-0.39, 0.29) is 5.69 Å². The molecule has 0 saturated carbocycles. The summed E-state index contributed by atoms with van der Waals surface area (Å²) in [4.78, 5) is 0. The molecule has 0 atom stereocenters. The molecule has 0 unspecified atom stereocenters. The molecular weight excluding hydrogens is 304 g/mol. The summed E-state index contributed by atoms with van der Waals surface area (Å²) in [5.74, 6) is -1.75. The molecular formula is C13H10BrF2NO. The van der Waals surface area contributed by atoms with Crippen molar-refractivity contribution in [1.82, 2.24) is 0 Å². The summed E-state index contributed by atoms with van der Waals surface area (Å²) >= 11 is 3.33. The third-order valence-corrected chi connectivity index (χ3v) is 3.26. The highest BCUT2D eigenvalue weighted by molar-refractivity contribution is 9.10. The van der Waals surface area contributed by atoms with Crippen molar-refractivity contribution in [3.63, 3.8) is 0 Å². The summed E-state index contributed by atoms with van der Waals surface area (Å²) < 4.78 is 33.1. The Labute approximate surface area is 112 Å². The minimum absolute atomic E-state index is 0.0179. The fourth-order valence-corrected chi connectivity index (χ4v) is 1.72. The van der Waals surface area contributed by atoms with Crippen LogP contribution in [0.5, 0.6) is 11.5 Å². The number of benzene rings is 2. The van der Waals surface area contributed by atoms with Crippen molar-refractivity contribution in [2.45, 2.75) is 6.92 Å². The van der Waals surface area contributed by atoms with Gasteiger partial charge >= 0.3 is 0 Å². The number of nitrogen functional groups attached to an aromatic ring is 1. The van der Waals surface area contributed by atoms with E-state index in [1.165, 1.54) is 0 Å². The van der Waals surface area contributed by atoms with Crippen LogP contribution in [0, 0.1) is 18.6 Å². The highest BCUT2D eigenvalue weighted by atomic mass is 79.9. The maximum atomic E-state index is 13.5. The Bertz CT molecular complexity index is 579. The Morgan fingerprint density at radius 2 is 1.72 bits per heavy atom. The molecule has 0 aliphatic heterocycles. The summed E-state index contributed by atoms with van der Waals surface area (Å²) in [6.45, 7) is 1.85. The number of rotatable bonds is 2. The van der Waals surface area contributed by atoms with Gasteiger partial charge in [0.2, 0.25) is 0 Å². The number of ether oxygens (including phenoxy) is 1. The van der Waals surface area contributed by atoms with Crippen LogP contribution in [0.1, 0.15) is 5.56 Å². The van der Waals surface area contributed by atoms with E-state index in [9.17, 15) is 8.78 Å². The minimum Gasteiger partial charge on any atom is -0.451 e. The predicted molar refractivity (Wildman–Crippen MR) is 69.7 cm³/mol. The van der Waals surface area contributed by atoms with Crippen molar-refractivity contribution in [2.24, 2.45) is 0 Å². The van der Waals surface area contributed by atoms with Crippen LogP contribution in [0.15, 0.2) is 34.8 Å². The van der Waals surface area contributed by atoms with Crippen LogP contribution in [0.2, 0.25) is 0 Å². The van der Waals surface area contributed by atoms with Gasteiger partial charge in [-0.1, -0.05) is 15.9 Å². The van der Waals surface area contributed by atoms with E-state index in [0.29, 0.717) is 5.75 Å². The first-order chi connectivity index (χ1) is 8.47. The maximum Gasteiger partial charge on any atom is 0.198 e. The molecule has 0 aliphatic rings. The predicted octanol–water partition coefficient (Wildman–Crippen LogP) is 4.41. The van der Waals surface area contributed by atoms with Crippen molar-refractivity contribution >= 4 is 21.6 Å². The normalized spacial score (nSPS) is 10.4. The van der Waals surface area contributed by atoms with E-state index in [1.807, 2.05) is 6.92 Å². The zero-order chi connectivity index (χ0) is 13.3. The lowest BCUT2D eigenvalue weighted by Crippen LogP contribution is -1.96. The van der Waals surface area contributed by atoms with Crippen molar-refractivity contribution < 1.29 is 13.5 Å². The highest BCUT2D eigenvalue weighted by Crippen LogP contribution is 2.31. The van der Waals surface area contributed by atoms with Gasteiger partial charge in [0.15, 0.2) is 17.4 Å². The monoisotopic (exact) mass is 313 g/mol. The van der Waals surface area contributed by atoms with E-state index in [1.54, 1.807) is 18.2 Å². The van der Waals surface area contributed by atoms with E-state index >= 15 is 0 Å². The molecule has 2 aromatic rings. The number of hydrogen-bond donors (Lipinski definition) is 1. The summed E-state index contributed by atoms with van der Waals surface area (Å²) in [5.41, 5.74) is 6.25. The van der Waals surface area contributed by atoms with E-state index in [4.69, 9.17) is 10.5 Å². The van der Waals surface area contributed by atoms with Gasteiger partial charge in [-0.05, 0) is 30.7 Å². The van der Waals surface area contributed by atoms with Crippen LogP contribution in [0.3, 0.4) is 0 Å². The second kappa shape index (κ2) is 4.94. The molecule has 0 aliphatic carbocycles. The zero-order valence-electron chi connectivity index (χ0n) is 9.51. The quantitative estimate of drug-likeness (QED) is 0.833. The second-order valence-electron chi connectivity index (χ2n) is 3.83. The van der Waals surface area contributed by atoms with Crippen molar-refractivity contribution in [3.05, 3.63) is 52.0 Å². The molecule has 0 aromatic heterocycles. The third kappa shape index (κ3) is 2.61. The molecule has 0 saturated heterocycles. The van der Waals surface area contributed by atoms with Crippen LogP contribution >= 0.6 is 15.9 Å². The third-order valence-electron chi connectivity index (χ3n) is 2.37. The standard InChI is InChI=1S/C13H10BrF2NO/c1-7-4-9(2-3-10(7)14)18-13-11(15)5-8(17)6-12(13)16/h2-6H,17H2,1H3. The van der Waals surface area contributed by atoms with E-state index in [2.05, 4.69) is 15.9 Å². The molecule has 2 nitrogen and oxygen atoms in total. The van der Waals surface area contributed by atoms with Gasteiger partial charge < -0.3 is 10.5 Å². The van der Waals surface area contributed by atoms with E-state index < -0.39 is 17.4 Å². The fraction of sp³-hybridized carbons (Fsp3) is 0.0769. The maximum absolute atomic E-state index is 13.5. The summed E-state index contributed by atoms with van der Waals surface area (Å²) in [5, 5.41) is 0. The van der Waals surface area contributed by atoms with Gasteiger partial charge in [0.1, 0.15) is 5.75 Å². The van der Waals surface area contributed by atoms with Crippen LogP contribution in [-0.2, 0) is 0 Å². The Kier molecular flexibility index (Phi) is 3.52. The highest BCUT2D eigenvalue weighted by Gasteiger charge is 2.13. The number of nitrogens with two attached hydrogens (primary N) is 1. The van der Waals surface area contributed by atoms with E-state index in [0.717, 1.165) is 22.2 Å². The van der Waals surface area contributed by atoms with Crippen molar-refractivity contribution in [2.75, 3.05) is 5.73 Å². The fourth-order valence-electron chi connectivity index (χ4n) is 1.48. The van der Waals surface area contributed by atoms with Crippen LogP contribution in [-0.4, -0.2) is 0 Å². The van der Waals surface area contributed by atoms with Crippen molar-refractivity contribution in [3.8, 4) is 11.5 Å².